The van der Waals surface area contributed by atoms with Crippen LogP contribution in [0.1, 0.15) is 24.2 Å². The Bertz CT molecular complexity index is 741. The zero-order chi connectivity index (χ0) is 18.6. The van der Waals surface area contributed by atoms with Crippen molar-refractivity contribution >= 4 is 21.9 Å². The molecule has 0 bridgehead atoms. The van der Waals surface area contributed by atoms with Crippen molar-refractivity contribution in [3.63, 3.8) is 0 Å². The van der Waals surface area contributed by atoms with Gasteiger partial charge in [0.2, 0.25) is 10.0 Å². The SMILES string of the molecule is CC(C)N(CC(=O)O)C(=O)c1cccc(S(=O)(=O)N2CCOCC2)c1. The molecule has 1 aliphatic heterocycles. The Kier molecular flexibility index (Phi) is 6.15. The summed E-state index contributed by atoms with van der Waals surface area (Å²) >= 11 is 0. The number of rotatable bonds is 6. The highest BCUT2D eigenvalue weighted by atomic mass is 32.2. The number of carbonyl (C=O) groups is 2. The molecule has 0 atom stereocenters. The molecular formula is C16H22N2O6S. The van der Waals surface area contributed by atoms with E-state index < -0.39 is 28.4 Å². The molecule has 0 radical (unpaired) electrons. The summed E-state index contributed by atoms with van der Waals surface area (Å²) in [6, 6.07) is 5.36. The topological polar surface area (TPSA) is 104 Å². The maximum Gasteiger partial charge on any atom is 0.323 e. The number of morpholine rings is 1. The van der Waals surface area contributed by atoms with Crippen molar-refractivity contribution in [1.82, 2.24) is 9.21 Å². The van der Waals surface area contributed by atoms with E-state index in [0.29, 0.717) is 13.2 Å². The van der Waals surface area contributed by atoms with Crippen LogP contribution in [-0.4, -0.2) is 73.5 Å². The number of hydrogen-bond donors (Lipinski definition) is 1. The van der Waals surface area contributed by atoms with Gasteiger partial charge in [-0.3, -0.25) is 9.59 Å². The molecule has 1 N–H and O–H groups in total. The maximum absolute atomic E-state index is 12.7. The molecular weight excluding hydrogens is 348 g/mol. The summed E-state index contributed by atoms with van der Waals surface area (Å²) in [5.41, 5.74) is 0.143. The molecule has 1 heterocycles. The van der Waals surface area contributed by atoms with Gasteiger partial charge in [-0.1, -0.05) is 6.07 Å². The smallest absolute Gasteiger partial charge is 0.323 e. The fourth-order valence-corrected chi connectivity index (χ4v) is 3.98. The fraction of sp³-hybridized carbons (Fsp3) is 0.500. The second kappa shape index (κ2) is 7.94. The van der Waals surface area contributed by atoms with Gasteiger partial charge >= 0.3 is 5.97 Å². The van der Waals surface area contributed by atoms with Crippen molar-refractivity contribution in [1.29, 1.82) is 0 Å². The highest BCUT2D eigenvalue weighted by molar-refractivity contribution is 7.89. The second-order valence-electron chi connectivity index (χ2n) is 5.96. The van der Waals surface area contributed by atoms with Gasteiger partial charge in [0, 0.05) is 24.7 Å². The van der Waals surface area contributed by atoms with Crippen LogP contribution in [0.3, 0.4) is 0 Å². The third-order valence-electron chi connectivity index (χ3n) is 3.88. The molecule has 25 heavy (non-hydrogen) atoms. The lowest BCUT2D eigenvalue weighted by molar-refractivity contribution is -0.138. The molecule has 1 fully saturated rings. The predicted molar refractivity (Wildman–Crippen MR) is 89.8 cm³/mol. The van der Waals surface area contributed by atoms with Crippen molar-refractivity contribution in [3.05, 3.63) is 29.8 Å². The molecule has 0 aliphatic carbocycles. The van der Waals surface area contributed by atoms with Gasteiger partial charge < -0.3 is 14.7 Å². The van der Waals surface area contributed by atoms with Crippen LogP contribution in [0.4, 0.5) is 0 Å². The van der Waals surface area contributed by atoms with E-state index in [-0.39, 0.29) is 29.6 Å². The highest BCUT2D eigenvalue weighted by Crippen LogP contribution is 2.19. The predicted octanol–water partition coefficient (Wildman–Crippen LogP) is 0.643. The molecule has 9 heteroatoms. The van der Waals surface area contributed by atoms with Gasteiger partial charge in [0.15, 0.2) is 0 Å². The Balaban J connectivity index is 2.31. The van der Waals surface area contributed by atoms with Crippen LogP contribution >= 0.6 is 0 Å². The number of aliphatic carboxylic acids is 1. The Morgan fingerprint density at radius 3 is 2.48 bits per heavy atom. The summed E-state index contributed by atoms with van der Waals surface area (Å²) in [6.07, 6.45) is 0. The van der Waals surface area contributed by atoms with E-state index in [9.17, 15) is 18.0 Å². The molecule has 1 aliphatic rings. The van der Waals surface area contributed by atoms with Gasteiger partial charge in [-0.05, 0) is 32.0 Å². The Morgan fingerprint density at radius 1 is 1.28 bits per heavy atom. The van der Waals surface area contributed by atoms with Gasteiger partial charge in [0.05, 0.1) is 18.1 Å². The molecule has 0 aromatic heterocycles. The molecule has 2 rings (SSSR count). The Morgan fingerprint density at radius 2 is 1.92 bits per heavy atom. The summed E-state index contributed by atoms with van der Waals surface area (Å²) in [4.78, 5) is 24.8. The van der Waals surface area contributed by atoms with Crippen molar-refractivity contribution in [2.45, 2.75) is 24.8 Å². The van der Waals surface area contributed by atoms with Gasteiger partial charge in [-0.2, -0.15) is 4.31 Å². The zero-order valence-corrected chi connectivity index (χ0v) is 15.0. The molecule has 0 spiro atoms. The lowest BCUT2D eigenvalue weighted by Gasteiger charge is -2.27. The first-order chi connectivity index (χ1) is 11.7. The maximum atomic E-state index is 12.7. The fourth-order valence-electron chi connectivity index (χ4n) is 2.53. The van der Waals surface area contributed by atoms with E-state index in [4.69, 9.17) is 9.84 Å². The lowest BCUT2D eigenvalue weighted by Crippen LogP contribution is -2.41. The number of sulfonamides is 1. The Hall–Kier alpha value is -1.97. The van der Waals surface area contributed by atoms with Gasteiger partial charge in [0.25, 0.3) is 5.91 Å². The molecule has 1 amide bonds. The van der Waals surface area contributed by atoms with E-state index in [1.807, 2.05) is 0 Å². The van der Waals surface area contributed by atoms with Crippen LogP contribution in [0.25, 0.3) is 0 Å². The number of ether oxygens (including phenoxy) is 1. The number of nitrogens with zero attached hydrogens (tertiary/aromatic N) is 2. The van der Waals surface area contributed by atoms with Crippen LogP contribution < -0.4 is 0 Å². The van der Waals surface area contributed by atoms with Gasteiger partial charge in [0.1, 0.15) is 6.54 Å². The summed E-state index contributed by atoms with van der Waals surface area (Å²) in [5, 5.41) is 8.97. The van der Waals surface area contributed by atoms with E-state index in [1.54, 1.807) is 13.8 Å². The Labute approximate surface area is 147 Å². The summed E-state index contributed by atoms with van der Waals surface area (Å²) in [6.45, 7) is 4.14. The number of carbonyl (C=O) groups excluding carboxylic acids is 1. The quantitative estimate of drug-likeness (QED) is 0.788. The summed E-state index contributed by atoms with van der Waals surface area (Å²) in [5.74, 6) is -1.64. The van der Waals surface area contributed by atoms with E-state index in [1.165, 1.54) is 33.5 Å². The average molecular weight is 370 g/mol. The van der Waals surface area contributed by atoms with Crippen LogP contribution in [-0.2, 0) is 19.6 Å². The van der Waals surface area contributed by atoms with Crippen LogP contribution in [0.5, 0.6) is 0 Å². The third-order valence-corrected chi connectivity index (χ3v) is 5.77. The first-order valence-corrected chi connectivity index (χ1v) is 9.38. The van der Waals surface area contributed by atoms with Crippen molar-refractivity contribution < 1.29 is 27.9 Å². The average Bonchev–Trinajstić information content (AvgIpc) is 2.59. The van der Waals surface area contributed by atoms with Crippen LogP contribution in [0.15, 0.2) is 29.2 Å². The van der Waals surface area contributed by atoms with Crippen molar-refractivity contribution in [2.24, 2.45) is 0 Å². The van der Waals surface area contributed by atoms with Crippen LogP contribution in [0, 0.1) is 0 Å². The summed E-state index contributed by atoms with van der Waals surface area (Å²) in [7, 11) is -3.72. The van der Waals surface area contributed by atoms with E-state index in [0.717, 1.165) is 0 Å². The number of benzene rings is 1. The summed E-state index contributed by atoms with van der Waals surface area (Å²) < 4.78 is 31.9. The normalized spacial score (nSPS) is 16.0. The minimum atomic E-state index is -3.72. The number of amides is 1. The largest absolute Gasteiger partial charge is 0.480 e. The first kappa shape index (κ1) is 19.4. The van der Waals surface area contributed by atoms with Crippen molar-refractivity contribution in [3.8, 4) is 0 Å². The molecule has 1 aromatic rings. The van der Waals surface area contributed by atoms with Crippen LogP contribution in [0.2, 0.25) is 0 Å². The number of carboxylic acids is 1. The standard InChI is InChI=1S/C16H22N2O6S/c1-12(2)18(11-15(19)20)16(21)13-4-3-5-14(10-13)25(22,23)17-6-8-24-9-7-17/h3-5,10,12H,6-9,11H2,1-2H3,(H,19,20). The third kappa shape index (κ3) is 4.56. The first-order valence-electron chi connectivity index (χ1n) is 7.94. The molecule has 8 nitrogen and oxygen atoms in total. The van der Waals surface area contributed by atoms with Crippen molar-refractivity contribution in [2.75, 3.05) is 32.8 Å². The molecule has 0 unspecified atom stereocenters. The number of carboxylic acid groups (broad SMARTS) is 1. The monoisotopic (exact) mass is 370 g/mol. The van der Waals surface area contributed by atoms with Gasteiger partial charge in [-0.15, -0.1) is 0 Å². The minimum Gasteiger partial charge on any atom is -0.480 e. The van der Waals surface area contributed by atoms with E-state index in [2.05, 4.69) is 0 Å². The minimum absolute atomic E-state index is 0.0132. The molecule has 0 saturated carbocycles. The van der Waals surface area contributed by atoms with E-state index >= 15 is 0 Å². The lowest BCUT2D eigenvalue weighted by atomic mass is 10.1. The molecule has 1 aromatic carbocycles. The molecule has 1 saturated heterocycles. The van der Waals surface area contributed by atoms with Gasteiger partial charge in [-0.25, -0.2) is 8.42 Å². The second-order valence-corrected chi connectivity index (χ2v) is 7.90. The molecule has 138 valence electrons. The zero-order valence-electron chi connectivity index (χ0n) is 14.2. The number of hydrogen-bond acceptors (Lipinski definition) is 5. The highest BCUT2D eigenvalue weighted by Gasteiger charge is 2.28.